The van der Waals surface area contributed by atoms with Crippen molar-refractivity contribution in [1.29, 1.82) is 0 Å². The van der Waals surface area contributed by atoms with Crippen LogP contribution in [0, 0.1) is 34.5 Å². The van der Waals surface area contributed by atoms with E-state index in [0.717, 1.165) is 30.6 Å². The number of hydrogen-bond acceptors (Lipinski definition) is 1. The summed E-state index contributed by atoms with van der Waals surface area (Å²) in [7, 11) is 0. The minimum absolute atomic E-state index is 0.363. The number of Topliss-reactive ketones (excluding diaryl/α,β-unsaturated/α-hetero) is 1. The van der Waals surface area contributed by atoms with Gasteiger partial charge in [-0.1, -0.05) is 20.3 Å². The smallest absolute Gasteiger partial charge is 0.136 e. The lowest BCUT2D eigenvalue weighted by molar-refractivity contribution is -0.146. The third kappa shape index (κ3) is 1.64. The molecule has 6 atom stereocenters. The average Bonchev–Trinajstić information content (AvgIpc) is 2.80. The number of carbonyl (C=O) groups excluding carboxylic acids is 1. The third-order valence-corrected chi connectivity index (χ3v) is 8.18. The maximum absolute atomic E-state index is 12.4. The molecule has 112 valence electrons. The molecule has 0 heterocycles. The van der Waals surface area contributed by atoms with Crippen LogP contribution in [0.4, 0.5) is 0 Å². The van der Waals surface area contributed by atoms with E-state index in [9.17, 15) is 4.79 Å². The predicted octanol–water partition coefficient (Wildman–Crippen LogP) is 4.99. The molecule has 4 saturated carbocycles. The maximum atomic E-state index is 12.4. The molecule has 0 bridgehead atoms. The standard InChI is InChI=1S/C19H30O/c1-18-10-3-5-14(18)13-7-8-16-17(20)6-4-11-19(16,2)15(13)9-12-18/h13-16H,3-12H2,1-2H3. The number of hydrogen-bond donors (Lipinski definition) is 0. The van der Waals surface area contributed by atoms with Crippen molar-refractivity contribution in [3.8, 4) is 0 Å². The second-order valence-electron chi connectivity index (χ2n) is 8.92. The molecule has 4 aliphatic carbocycles. The van der Waals surface area contributed by atoms with Gasteiger partial charge in [0.1, 0.15) is 5.78 Å². The summed E-state index contributed by atoms with van der Waals surface area (Å²) < 4.78 is 0. The van der Waals surface area contributed by atoms with Gasteiger partial charge in [-0.05, 0) is 80.0 Å². The van der Waals surface area contributed by atoms with E-state index in [0.29, 0.717) is 22.5 Å². The molecule has 1 nitrogen and oxygen atoms in total. The van der Waals surface area contributed by atoms with Crippen LogP contribution in [0.3, 0.4) is 0 Å². The number of ketones is 1. The Labute approximate surface area is 123 Å². The fourth-order valence-electron chi connectivity index (χ4n) is 7.16. The molecule has 0 amide bonds. The third-order valence-electron chi connectivity index (χ3n) is 8.18. The van der Waals surface area contributed by atoms with E-state index in [1.165, 1.54) is 51.4 Å². The molecule has 4 aliphatic rings. The van der Waals surface area contributed by atoms with Gasteiger partial charge in [-0.2, -0.15) is 0 Å². The summed E-state index contributed by atoms with van der Waals surface area (Å²) in [4.78, 5) is 12.4. The Morgan fingerprint density at radius 3 is 2.60 bits per heavy atom. The molecule has 0 spiro atoms. The second-order valence-corrected chi connectivity index (χ2v) is 8.92. The largest absolute Gasteiger partial charge is 0.299 e. The SMILES string of the molecule is CC12CCCC1C1CCC3C(=O)CCCC3(C)C1CC2. The Balaban J connectivity index is 1.67. The highest BCUT2D eigenvalue weighted by molar-refractivity contribution is 5.82. The minimum atomic E-state index is 0.363. The van der Waals surface area contributed by atoms with Gasteiger partial charge in [0.05, 0.1) is 0 Å². The Morgan fingerprint density at radius 2 is 1.75 bits per heavy atom. The summed E-state index contributed by atoms with van der Waals surface area (Å²) in [6.45, 7) is 5.06. The predicted molar refractivity (Wildman–Crippen MR) is 81.4 cm³/mol. The van der Waals surface area contributed by atoms with Crippen molar-refractivity contribution in [1.82, 2.24) is 0 Å². The number of fused-ring (bicyclic) bond motifs is 5. The van der Waals surface area contributed by atoms with Crippen LogP contribution in [0.15, 0.2) is 0 Å². The van der Waals surface area contributed by atoms with Crippen molar-refractivity contribution >= 4 is 5.78 Å². The van der Waals surface area contributed by atoms with Crippen LogP contribution in [0.5, 0.6) is 0 Å². The highest BCUT2D eigenvalue weighted by Gasteiger charge is 2.58. The lowest BCUT2D eigenvalue weighted by Gasteiger charge is -2.59. The monoisotopic (exact) mass is 274 g/mol. The Kier molecular flexibility index (Phi) is 2.89. The summed E-state index contributed by atoms with van der Waals surface area (Å²) in [6, 6.07) is 0. The van der Waals surface area contributed by atoms with Crippen LogP contribution in [0.25, 0.3) is 0 Å². The zero-order valence-corrected chi connectivity index (χ0v) is 13.3. The number of carbonyl (C=O) groups is 1. The van der Waals surface area contributed by atoms with Crippen molar-refractivity contribution in [2.45, 2.75) is 78.1 Å². The van der Waals surface area contributed by atoms with E-state index in [2.05, 4.69) is 13.8 Å². The molecule has 6 unspecified atom stereocenters. The van der Waals surface area contributed by atoms with Crippen molar-refractivity contribution in [3.05, 3.63) is 0 Å². The Morgan fingerprint density at radius 1 is 0.900 bits per heavy atom. The quantitative estimate of drug-likeness (QED) is 0.608. The van der Waals surface area contributed by atoms with Crippen molar-refractivity contribution in [2.75, 3.05) is 0 Å². The molecular weight excluding hydrogens is 244 g/mol. The molecule has 0 aromatic heterocycles. The van der Waals surface area contributed by atoms with Gasteiger partial charge in [0.2, 0.25) is 0 Å². The normalized spacial score (nSPS) is 55.0. The summed E-state index contributed by atoms with van der Waals surface area (Å²) >= 11 is 0. The Bertz CT molecular complexity index is 427. The van der Waals surface area contributed by atoms with Crippen LogP contribution in [0.1, 0.15) is 78.1 Å². The summed E-state index contributed by atoms with van der Waals surface area (Å²) in [5, 5.41) is 0. The molecule has 1 heteroatoms. The summed E-state index contributed by atoms with van der Waals surface area (Å²) in [5.74, 6) is 3.82. The molecule has 4 fully saturated rings. The first-order valence-corrected chi connectivity index (χ1v) is 9.07. The van der Waals surface area contributed by atoms with Crippen molar-refractivity contribution in [3.63, 3.8) is 0 Å². The van der Waals surface area contributed by atoms with Crippen LogP contribution in [-0.4, -0.2) is 5.78 Å². The highest BCUT2D eigenvalue weighted by atomic mass is 16.1. The molecule has 20 heavy (non-hydrogen) atoms. The summed E-state index contributed by atoms with van der Waals surface area (Å²) in [5.41, 5.74) is 1.02. The molecule has 4 rings (SSSR count). The van der Waals surface area contributed by atoms with Gasteiger partial charge >= 0.3 is 0 Å². The van der Waals surface area contributed by atoms with Crippen molar-refractivity contribution < 1.29 is 4.79 Å². The summed E-state index contributed by atoms with van der Waals surface area (Å²) in [6.07, 6.45) is 13.2. The second kappa shape index (κ2) is 4.34. The fourth-order valence-corrected chi connectivity index (χ4v) is 7.16. The van der Waals surface area contributed by atoms with Crippen molar-refractivity contribution in [2.24, 2.45) is 34.5 Å². The van der Waals surface area contributed by atoms with Gasteiger partial charge in [-0.3, -0.25) is 4.79 Å². The van der Waals surface area contributed by atoms with Gasteiger partial charge < -0.3 is 0 Å². The van der Waals surface area contributed by atoms with Gasteiger partial charge in [-0.25, -0.2) is 0 Å². The maximum Gasteiger partial charge on any atom is 0.136 e. The van der Waals surface area contributed by atoms with Crippen LogP contribution >= 0.6 is 0 Å². The molecule has 0 aliphatic heterocycles. The van der Waals surface area contributed by atoms with Crippen LogP contribution in [0.2, 0.25) is 0 Å². The van der Waals surface area contributed by atoms with Crippen LogP contribution < -0.4 is 0 Å². The van der Waals surface area contributed by atoms with Gasteiger partial charge in [-0.15, -0.1) is 0 Å². The first-order valence-electron chi connectivity index (χ1n) is 9.07. The zero-order valence-electron chi connectivity index (χ0n) is 13.3. The average molecular weight is 274 g/mol. The van der Waals surface area contributed by atoms with E-state index in [4.69, 9.17) is 0 Å². The molecule has 0 aromatic carbocycles. The first kappa shape index (κ1) is 13.3. The topological polar surface area (TPSA) is 17.1 Å². The van der Waals surface area contributed by atoms with E-state index in [1.807, 2.05) is 0 Å². The molecule has 0 N–H and O–H groups in total. The van der Waals surface area contributed by atoms with Gasteiger partial charge in [0, 0.05) is 12.3 Å². The zero-order chi connectivity index (χ0) is 14.0. The van der Waals surface area contributed by atoms with Gasteiger partial charge in [0.25, 0.3) is 0 Å². The van der Waals surface area contributed by atoms with Crippen LogP contribution in [-0.2, 0) is 4.79 Å². The number of rotatable bonds is 0. The van der Waals surface area contributed by atoms with E-state index in [1.54, 1.807) is 0 Å². The minimum Gasteiger partial charge on any atom is -0.299 e. The lowest BCUT2D eigenvalue weighted by Crippen LogP contribution is -2.53. The highest BCUT2D eigenvalue weighted by Crippen LogP contribution is 2.65. The van der Waals surface area contributed by atoms with E-state index >= 15 is 0 Å². The molecule has 0 saturated heterocycles. The molecule has 0 radical (unpaired) electrons. The first-order chi connectivity index (χ1) is 9.55. The van der Waals surface area contributed by atoms with E-state index < -0.39 is 0 Å². The lowest BCUT2D eigenvalue weighted by atomic mass is 9.45. The molecule has 0 aromatic rings. The molecular formula is C19H30O. The fraction of sp³-hybridized carbons (Fsp3) is 0.947. The van der Waals surface area contributed by atoms with E-state index in [-0.39, 0.29) is 0 Å². The van der Waals surface area contributed by atoms with Gasteiger partial charge in [0.15, 0.2) is 0 Å². The Hall–Kier alpha value is -0.330.